The third-order valence-electron chi connectivity index (χ3n) is 1.35. The fraction of sp³-hybridized carbons (Fsp3) is 0. The topological polar surface area (TPSA) is 38.4 Å². The molecule has 2 N–H and O–H groups in total. The summed E-state index contributed by atoms with van der Waals surface area (Å²) in [6, 6.07) is 5.94. The van der Waals surface area contributed by atoms with Crippen LogP contribution in [0.5, 0.6) is 0 Å². The van der Waals surface area contributed by atoms with Crippen molar-refractivity contribution in [3.63, 3.8) is 0 Å². The molecule has 0 aromatic heterocycles. The van der Waals surface area contributed by atoms with Gasteiger partial charge in [-0.3, -0.25) is 0 Å². The molecule has 1 aromatic carbocycles. The Bertz CT molecular complexity index is 318. The van der Waals surface area contributed by atoms with Crippen LogP contribution in [-0.2, 0) is 0 Å². The predicted molar refractivity (Wildman–Crippen MR) is 47.3 cm³/mol. The number of aliphatic imine (C=N–C) groups is 1. The minimum Gasteiger partial charge on any atom is -0.383 e. The largest absolute Gasteiger partial charge is 0.383 e. The van der Waals surface area contributed by atoms with Gasteiger partial charge in [0.15, 0.2) is 0 Å². The van der Waals surface area contributed by atoms with Crippen LogP contribution in [0, 0.1) is 5.82 Å². The van der Waals surface area contributed by atoms with E-state index in [1.807, 2.05) is 0 Å². The number of hydrogen-bond donors (Lipinski definition) is 1. The molecule has 0 fully saturated rings. The zero-order valence-electron chi connectivity index (χ0n) is 6.50. The van der Waals surface area contributed by atoms with Crippen LogP contribution in [0.2, 0.25) is 0 Å². The van der Waals surface area contributed by atoms with Gasteiger partial charge in [-0.2, -0.15) is 0 Å². The van der Waals surface area contributed by atoms with E-state index in [-0.39, 0.29) is 11.7 Å². The van der Waals surface area contributed by atoms with Crippen LogP contribution >= 0.6 is 0 Å². The van der Waals surface area contributed by atoms with Gasteiger partial charge in [0.05, 0.1) is 0 Å². The standard InChI is InChI=1S/C9H9FN2/c1-2-12-9(11)7-4-3-5-8(10)6-7/h2-6H,1H2,(H2,11,12). The first-order valence-electron chi connectivity index (χ1n) is 3.44. The third kappa shape index (κ3) is 1.92. The molecule has 0 unspecified atom stereocenters. The minimum atomic E-state index is -0.324. The molecule has 0 bridgehead atoms. The molecule has 0 amide bonds. The van der Waals surface area contributed by atoms with Gasteiger partial charge in [0.25, 0.3) is 0 Å². The zero-order valence-corrected chi connectivity index (χ0v) is 6.50. The van der Waals surface area contributed by atoms with E-state index >= 15 is 0 Å². The zero-order chi connectivity index (χ0) is 8.97. The summed E-state index contributed by atoms with van der Waals surface area (Å²) in [5, 5.41) is 0. The van der Waals surface area contributed by atoms with Crippen molar-refractivity contribution in [1.82, 2.24) is 0 Å². The Labute approximate surface area is 70.2 Å². The smallest absolute Gasteiger partial charge is 0.130 e. The van der Waals surface area contributed by atoms with Gasteiger partial charge in [-0.15, -0.1) is 0 Å². The molecule has 3 heteroatoms. The Morgan fingerprint density at radius 3 is 2.92 bits per heavy atom. The highest BCUT2D eigenvalue weighted by atomic mass is 19.1. The van der Waals surface area contributed by atoms with Crippen molar-refractivity contribution >= 4 is 5.84 Å². The molecule has 1 aromatic rings. The average Bonchev–Trinajstić information content (AvgIpc) is 2.05. The van der Waals surface area contributed by atoms with E-state index in [1.165, 1.54) is 18.3 Å². The Morgan fingerprint density at radius 1 is 1.58 bits per heavy atom. The van der Waals surface area contributed by atoms with Gasteiger partial charge in [0, 0.05) is 11.8 Å². The van der Waals surface area contributed by atoms with Gasteiger partial charge in [0.1, 0.15) is 11.7 Å². The van der Waals surface area contributed by atoms with E-state index in [9.17, 15) is 4.39 Å². The second-order valence-corrected chi connectivity index (χ2v) is 2.21. The van der Waals surface area contributed by atoms with E-state index in [0.29, 0.717) is 5.56 Å². The number of amidine groups is 1. The molecule has 0 spiro atoms. The van der Waals surface area contributed by atoms with Crippen molar-refractivity contribution in [2.75, 3.05) is 0 Å². The van der Waals surface area contributed by atoms with Crippen LogP contribution in [0.1, 0.15) is 5.56 Å². The van der Waals surface area contributed by atoms with Crippen molar-refractivity contribution in [2.24, 2.45) is 10.7 Å². The number of nitrogens with two attached hydrogens (primary N) is 1. The second-order valence-electron chi connectivity index (χ2n) is 2.21. The summed E-state index contributed by atoms with van der Waals surface area (Å²) in [5.41, 5.74) is 6.05. The highest BCUT2D eigenvalue weighted by molar-refractivity contribution is 5.97. The molecule has 0 saturated carbocycles. The van der Waals surface area contributed by atoms with Crippen molar-refractivity contribution in [3.05, 3.63) is 48.4 Å². The van der Waals surface area contributed by atoms with Crippen LogP contribution in [0.3, 0.4) is 0 Å². The normalized spacial score (nSPS) is 11.2. The van der Waals surface area contributed by atoms with Crippen molar-refractivity contribution in [3.8, 4) is 0 Å². The summed E-state index contributed by atoms with van der Waals surface area (Å²) in [7, 11) is 0. The lowest BCUT2D eigenvalue weighted by Crippen LogP contribution is -2.12. The van der Waals surface area contributed by atoms with Gasteiger partial charge in [-0.05, 0) is 12.1 Å². The molecule has 1 rings (SSSR count). The summed E-state index contributed by atoms with van der Waals surface area (Å²) in [6.45, 7) is 3.39. The fourth-order valence-electron chi connectivity index (χ4n) is 0.821. The van der Waals surface area contributed by atoms with E-state index in [1.54, 1.807) is 12.1 Å². The summed E-state index contributed by atoms with van der Waals surface area (Å²) >= 11 is 0. The molecular weight excluding hydrogens is 155 g/mol. The maximum absolute atomic E-state index is 12.6. The maximum Gasteiger partial charge on any atom is 0.130 e. The molecular formula is C9H9FN2. The van der Waals surface area contributed by atoms with Crippen LogP contribution < -0.4 is 5.73 Å². The van der Waals surface area contributed by atoms with Crippen LogP contribution in [-0.4, -0.2) is 5.84 Å². The van der Waals surface area contributed by atoms with Crippen molar-refractivity contribution < 1.29 is 4.39 Å². The van der Waals surface area contributed by atoms with Gasteiger partial charge >= 0.3 is 0 Å². The molecule has 2 nitrogen and oxygen atoms in total. The Hall–Kier alpha value is -1.64. The Kier molecular flexibility index (Phi) is 2.58. The lowest BCUT2D eigenvalue weighted by molar-refractivity contribution is 0.627. The van der Waals surface area contributed by atoms with Gasteiger partial charge in [-0.1, -0.05) is 18.7 Å². The molecule has 0 radical (unpaired) electrons. The van der Waals surface area contributed by atoms with Crippen LogP contribution in [0.25, 0.3) is 0 Å². The summed E-state index contributed by atoms with van der Waals surface area (Å²) in [5.74, 6) is -0.0563. The number of hydrogen-bond acceptors (Lipinski definition) is 1. The first kappa shape index (κ1) is 8.46. The molecule has 0 aliphatic carbocycles. The van der Waals surface area contributed by atoms with E-state index in [0.717, 1.165) is 0 Å². The molecule has 0 saturated heterocycles. The fourth-order valence-corrected chi connectivity index (χ4v) is 0.821. The molecule has 0 aliphatic heterocycles. The average molecular weight is 164 g/mol. The monoisotopic (exact) mass is 164 g/mol. The van der Waals surface area contributed by atoms with Gasteiger partial charge in [0.2, 0.25) is 0 Å². The lowest BCUT2D eigenvalue weighted by atomic mass is 10.2. The summed E-state index contributed by atoms with van der Waals surface area (Å²) in [6.07, 6.45) is 1.32. The van der Waals surface area contributed by atoms with Gasteiger partial charge < -0.3 is 5.73 Å². The number of nitrogens with zero attached hydrogens (tertiary/aromatic N) is 1. The van der Waals surface area contributed by atoms with E-state index in [4.69, 9.17) is 5.73 Å². The number of benzene rings is 1. The van der Waals surface area contributed by atoms with Crippen LogP contribution in [0.15, 0.2) is 42.0 Å². The number of halogens is 1. The first-order valence-corrected chi connectivity index (χ1v) is 3.44. The van der Waals surface area contributed by atoms with Crippen LogP contribution in [0.4, 0.5) is 4.39 Å². The summed E-state index contributed by atoms with van der Waals surface area (Å²) < 4.78 is 12.6. The lowest BCUT2D eigenvalue weighted by Gasteiger charge is -1.97. The Balaban J connectivity index is 3.03. The first-order chi connectivity index (χ1) is 5.74. The highest BCUT2D eigenvalue weighted by Crippen LogP contribution is 2.02. The number of rotatable bonds is 2. The summed E-state index contributed by atoms with van der Waals surface area (Å²) in [4.78, 5) is 3.73. The minimum absolute atomic E-state index is 0.268. The maximum atomic E-state index is 12.6. The second kappa shape index (κ2) is 3.67. The molecule has 0 atom stereocenters. The molecule has 0 heterocycles. The quantitative estimate of drug-likeness (QED) is 0.524. The predicted octanol–water partition coefficient (Wildman–Crippen LogP) is 1.67. The third-order valence-corrected chi connectivity index (χ3v) is 1.35. The highest BCUT2D eigenvalue weighted by Gasteiger charge is 1.97. The van der Waals surface area contributed by atoms with Crippen molar-refractivity contribution in [1.29, 1.82) is 0 Å². The molecule has 12 heavy (non-hydrogen) atoms. The van der Waals surface area contributed by atoms with Crippen molar-refractivity contribution in [2.45, 2.75) is 0 Å². The van der Waals surface area contributed by atoms with E-state index in [2.05, 4.69) is 11.6 Å². The molecule has 0 aliphatic rings. The van der Waals surface area contributed by atoms with E-state index < -0.39 is 0 Å². The SMILES string of the molecule is C=CN=C(N)c1cccc(F)c1. The Morgan fingerprint density at radius 2 is 2.33 bits per heavy atom. The molecule has 62 valence electrons. The van der Waals surface area contributed by atoms with Gasteiger partial charge in [-0.25, -0.2) is 9.38 Å².